The van der Waals surface area contributed by atoms with E-state index in [1.807, 2.05) is 13.8 Å². The van der Waals surface area contributed by atoms with E-state index in [2.05, 4.69) is 21.2 Å². The van der Waals surface area contributed by atoms with Crippen molar-refractivity contribution in [1.29, 1.82) is 0 Å². The van der Waals surface area contributed by atoms with Crippen molar-refractivity contribution < 1.29 is 17.9 Å². The zero-order valence-electron chi connectivity index (χ0n) is 11.9. The van der Waals surface area contributed by atoms with Crippen LogP contribution in [0.2, 0.25) is 0 Å². The quantitative estimate of drug-likeness (QED) is 0.591. The van der Waals surface area contributed by atoms with Crippen LogP contribution < -0.4 is 5.32 Å². The Morgan fingerprint density at radius 3 is 2.57 bits per heavy atom. The molecule has 0 spiro atoms. The van der Waals surface area contributed by atoms with Gasteiger partial charge in [-0.15, -0.1) is 0 Å². The molecule has 0 saturated carbocycles. The minimum Gasteiger partial charge on any atom is -0.377 e. The van der Waals surface area contributed by atoms with Crippen LogP contribution in [0.15, 0.2) is 21.5 Å². The second-order valence-corrected chi connectivity index (χ2v) is 8.11. The fraction of sp³-hybridized carbons (Fsp3) is 0.462. The van der Waals surface area contributed by atoms with Crippen molar-refractivity contribution in [3.63, 3.8) is 0 Å². The first-order chi connectivity index (χ1) is 9.62. The molecule has 1 amide bonds. The summed E-state index contributed by atoms with van der Waals surface area (Å²) in [4.78, 5) is 12.0. The summed E-state index contributed by atoms with van der Waals surface area (Å²) in [5, 5.41) is 2.68. The van der Waals surface area contributed by atoms with E-state index in [1.165, 1.54) is 12.1 Å². The van der Waals surface area contributed by atoms with Crippen molar-refractivity contribution in [3.05, 3.63) is 27.7 Å². The van der Waals surface area contributed by atoms with Crippen molar-refractivity contribution in [2.75, 3.05) is 13.2 Å². The van der Waals surface area contributed by atoms with Gasteiger partial charge < -0.3 is 10.1 Å². The van der Waals surface area contributed by atoms with Crippen LogP contribution >= 0.6 is 26.6 Å². The molecule has 8 heteroatoms. The molecule has 0 bridgehead atoms. The van der Waals surface area contributed by atoms with Crippen molar-refractivity contribution in [1.82, 2.24) is 5.32 Å². The Balaban J connectivity index is 2.91. The lowest BCUT2D eigenvalue weighted by Crippen LogP contribution is -2.28. The maximum atomic E-state index is 12.1. The molecule has 0 radical (unpaired) electrons. The van der Waals surface area contributed by atoms with E-state index < -0.39 is 9.05 Å². The SMILES string of the molecule is Cc1c(Br)cc(S(=O)(=O)Cl)cc1C(=O)NCCOC(C)C. The van der Waals surface area contributed by atoms with Crippen molar-refractivity contribution >= 4 is 41.6 Å². The van der Waals surface area contributed by atoms with Crippen LogP contribution in [0.25, 0.3) is 0 Å². The molecule has 21 heavy (non-hydrogen) atoms. The van der Waals surface area contributed by atoms with Crippen LogP contribution in [0.1, 0.15) is 29.8 Å². The van der Waals surface area contributed by atoms with Crippen molar-refractivity contribution in [3.8, 4) is 0 Å². The smallest absolute Gasteiger partial charge is 0.261 e. The molecule has 0 aromatic heterocycles. The Hall–Kier alpha value is -0.630. The summed E-state index contributed by atoms with van der Waals surface area (Å²) < 4.78 is 28.6. The number of rotatable bonds is 6. The first-order valence-corrected chi connectivity index (χ1v) is 9.37. The number of ether oxygens (including phenoxy) is 1. The van der Waals surface area contributed by atoms with Gasteiger partial charge in [0, 0.05) is 27.3 Å². The third kappa shape index (κ3) is 5.58. The van der Waals surface area contributed by atoms with Crippen LogP contribution in [-0.2, 0) is 13.8 Å². The number of hydrogen-bond acceptors (Lipinski definition) is 4. The average molecular weight is 399 g/mol. The molecule has 1 aromatic carbocycles. The van der Waals surface area contributed by atoms with Crippen LogP contribution in [-0.4, -0.2) is 33.6 Å². The Bertz CT molecular complexity index is 631. The molecule has 1 aromatic rings. The summed E-state index contributed by atoms with van der Waals surface area (Å²) in [7, 11) is 1.42. The second kappa shape index (κ2) is 7.58. The Kier molecular flexibility index (Phi) is 6.65. The standard InChI is InChI=1S/C13H17BrClNO4S/c1-8(2)20-5-4-16-13(17)11-6-10(21(15,18)19)7-12(14)9(11)3/h6-8H,4-5H2,1-3H3,(H,16,17). The van der Waals surface area contributed by atoms with Crippen LogP contribution in [0.5, 0.6) is 0 Å². The number of benzene rings is 1. The molecule has 0 aliphatic carbocycles. The summed E-state index contributed by atoms with van der Waals surface area (Å²) in [6.45, 7) is 6.24. The van der Waals surface area contributed by atoms with E-state index in [0.29, 0.717) is 23.2 Å². The lowest BCUT2D eigenvalue weighted by molar-refractivity contribution is 0.0746. The third-order valence-electron chi connectivity index (χ3n) is 2.68. The molecule has 0 atom stereocenters. The maximum absolute atomic E-state index is 12.1. The lowest BCUT2D eigenvalue weighted by atomic mass is 10.1. The van der Waals surface area contributed by atoms with Crippen LogP contribution in [0.3, 0.4) is 0 Å². The van der Waals surface area contributed by atoms with Gasteiger partial charge in [-0.1, -0.05) is 15.9 Å². The number of halogens is 2. The molecule has 5 nitrogen and oxygen atoms in total. The number of carbonyl (C=O) groups is 1. The molecule has 0 unspecified atom stereocenters. The third-order valence-corrected chi connectivity index (χ3v) is 4.84. The Morgan fingerprint density at radius 2 is 2.05 bits per heavy atom. The molecule has 1 N–H and O–H groups in total. The molecule has 118 valence electrons. The van der Waals surface area contributed by atoms with E-state index in [4.69, 9.17) is 15.4 Å². The van der Waals surface area contributed by atoms with Gasteiger partial charge in [-0.25, -0.2) is 8.42 Å². The van der Waals surface area contributed by atoms with Crippen LogP contribution in [0.4, 0.5) is 0 Å². The highest BCUT2D eigenvalue weighted by atomic mass is 79.9. The van der Waals surface area contributed by atoms with Crippen LogP contribution in [0, 0.1) is 6.92 Å². The molecular formula is C13H17BrClNO4S. The van der Waals surface area contributed by atoms with E-state index >= 15 is 0 Å². The summed E-state index contributed by atoms with van der Waals surface area (Å²) in [6.07, 6.45) is 0.0856. The highest BCUT2D eigenvalue weighted by Crippen LogP contribution is 2.26. The van der Waals surface area contributed by atoms with Crippen molar-refractivity contribution in [2.24, 2.45) is 0 Å². The number of amides is 1. The molecule has 1 rings (SSSR count). The normalized spacial score (nSPS) is 11.7. The lowest BCUT2D eigenvalue weighted by Gasteiger charge is -2.12. The topological polar surface area (TPSA) is 72.5 Å². The Labute approximate surface area is 137 Å². The van der Waals surface area contributed by atoms with Gasteiger partial charge in [0.25, 0.3) is 15.0 Å². The summed E-state index contributed by atoms with van der Waals surface area (Å²) >= 11 is 3.23. The molecule has 0 heterocycles. The predicted octanol–water partition coefficient (Wildman–Crippen LogP) is 2.84. The highest BCUT2D eigenvalue weighted by molar-refractivity contribution is 9.10. The van der Waals surface area contributed by atoms with E-state index in [0.717, 1.165) is 0 Å². The zero-order valence-corrected chi connectivity index (χ0v) is 15.1. The zero-order chi connectivity index (χ0) is 16.2. The Morgan fingerprint density at radius 1 is 1.43 bits per heavy atom. The summed E-state index contributed by atoms with van der Waals surface area (Å²) in [6, 6.07) is 2.64. The maximum Gasteiger partial charge on any atom is 0.261 e. The van der Waals surface area contributed by atoms with Gasteiger partial charge in [0.15, 0.2) is 0 Å². The molecule has 0 aliphatic rings. The molecular weight excluding hydrogens is 382 g/mol. The summed E-state index contributed by atoms with van der Waals surface area (Å²) in [5.74, 6) is -0.372. The minimum absolute atomic E-state index is 0.0856. The predicted molar refractivity (Wildman–Crippen MR) is 85.3 cm³/mol. The van der Waals surface area contributed by atoms with Gasteiger partial charge in [0.05, 0.1) is 17.6 Å². The van der Waals surface area contributed by atoms with Crippen molar-refractivity contribution in [2.45, 2.75) is 31.8 Å². The van der Waals surface area contributed by atoms with E-state index in [-0.39, 0.29) is 22.5 Å². The van der Waals surface area contributed by atoms with Gasteiger partial charge in [-0.3, -0.25) is 4.79 Å². The van der Waals surface area contributed by atoms with Gasteiger partial charge in [-0.05, 0) is 38.5 Å². The van der Waals surface area contributed by atoms with E-state index in [1.54, 1.807) is 6.92 Å². The molecule has 0 aliphatic heterocycles. The van der Waals surface area contributed by atoms with Gasteiger partial charge in [0.1, 0.15) is 0 Å². The summed E-state index contributed by atoms with van der Waals surface area (Å²) in [5.41, 5.74) is 0.898. The van der Waals surface area contributed by atoms with Gasteiger partial charge in [-0.2, -0.15) is 0 Å². The molecule has 0 saturated heterocycles. The van der Waals surface area contributed by atoms with Gasteiger partial charge in [0.2, 0.25) is 0 Å². The average Bonchev–Trinajstić information content (AvgIpc) is 2.35. The monoisotopic (exact) mass is 397 g/mol. The number of nitrogens with one attached hydrogen (secondary N) is 1. The number of carbonyl (C=O) groups excluding carboxylic acids is 1. The second-order valence-electron chi connectivity index (χ2n) is 4.69. The van der Waals surface area contributed by atoms with Gasteiger partial charge >= 0.3 is 0 Å². The minimum atomic E-state index is -3.90. The fourth-order valence-corrected chi connectivity index (χ4v) is 2.98. The first-order valence-electron chi connectivity index (χ1n) is 6.27. The number of hydrogen-bond donors (Lipinski definition) is 1. The highest BCUT2D eigenvalue weighted by Gasteiger charge is 2.18. The largest absolute Gasteiger partial charge is 0.377 e. The van der Waals surface area contributed by atoms with E-state index in [9.17, 15) is 13.2 Å². The first kappa shape index (κ1) is 18.4. The fourth-order valence-electron chi connectivity index (χ4n) is 1.59. The molecule has 0 fully saturated rings.